The van der Waals surface area contributed by atoms with Crippen molar-refractivity contribution in [2.75, 3.05) is 20.1 Å². The third kappa shape index (κ3) is 3.54. The fourth-order valence-electron chi connectivity index (χ4n) is 1.98. The Hall–Kier alpha value is -0.910. The summed E-state index contributed by atoms with van der Waals surface area (Å²) >= 11 is 1.35. The second-order valence-electron chi connectivity index (χ2n) is 4.89. The van der Waals surface area contributed by atoms with Crippen LogP contribution >= 0.6 is 11.3 Å². The van der Waals surface area contributed by atoms with Gasteiger partial charge in [0.15, 0.2) is 0 Å². The first-order valence-corrected chi connectivity index (χ1v) is 7.13. The fourth-order valence-corrected chi connectivity index (χ4v) is 2.86. The molecule has 0 bridgehead atoms. The van der Waals surface area contributed by atoms with Crippen LogP contribution in [0.1, 0.15) is 33.0 Å². The summed E-state index contributed by atoms with van der Waals surface area (Å²) in [4.78, 5) is 14.8. The van der Waals surface area contributed by atoms with Crippen molar-refractivity contribution in [2.45, 2.75) is 32.4 Å². The Labute approximate surface area is 112 Å². The second-order valence-corrected chi connectivity index (χ2v) is 6.14. The van der Waals surface area contributed by atoms with E-state index in [1.807, 2.05) is 6.92 Å². The van der Waals surface area contributed by atoms with Gasteiger partial charge in [-0.25, -0.2) is 4.79 Å². The van der Waals surface area contributed by atoms with Crippen molar-refractivity contribution in [3.8, 4) is 0 Å². The Kier molecular flexibility index (Phi) is 4.37. The molecule has 0 radical (unpaired) electrons. The van der Waals surface area contributed by atoms with E-state index in [9.17, 15) is 4.79 Å². The molecule has 1 heterocycles. The molecule has 0 aromatic carbocycles. The summed E-state index contributed by atoms with van der Waals surface area (Å²) in [7, 11) is 2.16. The normalized spacial score (nSPS) is 15.3. The van der Waals surface area contributed by atoms with E-state index in [-0.39, 0.29) is 0 Å². The number of thiophene rings is 1. The van der Waals surface area contributed by atoms with Crippen LogP contribution in [0.15, 0.2) is 6.07 Å². The van der Waals surface area contributed by atoms with Crippen LogP contribution in [0.4, 0.5) is 0 Å². The number of aryl methyl sites for hydroxylation is 1. The number of nitrogens with zero attached hydrogens (tertiary/aromatic N) is 1. The number of nitrogens with one attached hydrogen (secondary N) is 1. The van der Waals surface area contributed by atoms with Crippen LogP contribution in [0.25, 0.3) is 0 Å². The molecule has 1 aromatic heterocycles. The summed E-state index contributed by atoms with van der Waals surface area (Å²) in [6.07, 6.45) is 2.67. The van der Waals surface area contributed by atoms with E-state index in [0.717, 1.165) is 36.1 Å². The van der Waals surface area contributed by atoms with Crippen LogP contribution < -0.4 is 5.32 Å². The largest absolute Gasteiger partial charge is 0.477 e. The molecule has 0 unspecified atom stereocenters. The SMILES string of the molecule is Cc1sc(C(=O)O)cc1CNCCN(C)C1CC1. The van der Waals surface area contributed by atoms with E-state index in [4.69, 9.17) is 5.11 Å². The highest BCUT2D eigenvalue weighted by molar-refractivity contribution is 7.14. The van der Waals surface area contributed by atoms with E-state index < -0.39 is 5.97 Å². The molecule has 0 atom stereocenters. The lowest BCUT2D eigenvalue weighted by Gasteiger charge is -2.15. The third-order valence-corrected chi connectivity index (χ3v) is 4.44. The Morgan fingerprint density at radius 2 is 2.33 bits per heavy atom. The number of aromatic carboxylic acids is 1. The summed E-state index contributed by atoms with van der Waals surface area (Å²) in [6.45, 7) is 4.74. The van der Waals surface area contributed by atoms with E-state index in [1.54, 1.807) is 6.07 Å². The molecule has 4 nitrogen and oxygen atoms in total. The van der Waals surface area contributed by atoms with Crippen molar-refractivity contribution in [2.24, 2.45) is 0 Å². The van der Waals surface area contributed by atoms with E-state index in [0.29, 0.717) is 4.88 Å². The molecule has 0 aliphatic heterocycles. The van der Waals surface area contributed by atoms with Crippen LogP contribution in [0.2, 0.25) is 0 Å². The smallest absolute Gasteiger partial charge is 0.345 e. The molecule has 2 rings (SSSR count). The number of hydrogen-bond donors (Lipinski definition) is 2. The predicted molar refractivity (Wildman–Crippen MR) is 73.4 cm³/mol. The monoisotopic (exact) mass is 268 g/mol. The van der Waals surface area contributed by atoms with Gasteiger partial charge in [-0.1, -0.05) is 0 Å². The molecule has 0 amide bonds. The number of carboxylic acid groups (broad SMARTS) is 1. The summed E-state index contributed by atoms with van der Waals surface area (Å²) in [5.74, 6) is -0.831. The summed E-state index contributed by atoms with van der Waals surface area (Å²) in [5, 5.41) is 12.3. The first kappa shape index (κ1) is 13.5. The quantitative estimate of drug-likeness (QED) is 0.742. The molecule has 1 fully saturated rings. The van der Waals surface area contributed by atoms with Gasteiger partial charge in [0.1, 0.15) is 4.88 Å². The maximum atomic E-state index is 10.9. The van der Waals surface area contributed by atoms with Gasteiger partial charge in [-0.3, -0.25) is 0 Å². The second kappa shape index (κ2) is 5.82. The predicted octanol–water partition coefficient (Wildman–Crippen LogP) is 1.94. The average molecular weight is 268 g/mol. The average Bonchev–Trinajstić information content (AvgIpc) is 3.09. The van der Waals surface area contributed by atoms with Crippen molar-refractivity contribution >= 4 is 17.3 Å². The van der Waals surface area contributed by atoms with Crippen molar-refractivity contribution < 1.29 is 9.90 Å². The highest BCUT2D eigenvalue weighted by atomic mass is 32.1. The van der Waals surface area contributed by atoms with Gasteiger partial charge in [0.25, 0.3) is 0 Å². The molecule has 2 N–H and O–H groups in total. The summed E-state index contributed by atoms with van der Waals surface area (Å²) in [5.41, 5.74) is 1.10. The Morgan fingerprint density at radius 1 is 1.61 bits per heavy atom. The first-order valence-electron chi connectivity index (χ1n) is 6.31. The highest BCUT2D eigenvalue weighted by Gasteiger charge is 2.25. The van der Waals surface area contributed by atoms with Gasteiger partial charge < -0.3 is 15.3 Å². The van der Waals surface area contributed by atoms with Crippen molar-refractivity contribution in [3.63, 3.8) is 0 Å². The Bertz CT molecular complexity index is 427. The molecule has 1 aromatic rings. The lowest BCUT2D eigenvalue weighted by molar-refractivity contribution is 0.0702. The molecular formula is C13H20N2O2S. The maximum absolute atomic E-state index is 10.9. The van der Waals surface area contributed by atoms with Crippen LogP contribution in [-0.4, -0.2) is 42.2 Å². The topological polar surface area (TPSA) is 52.6 Å². The number of hydrogen-bond acceptors (Lipinski definition) is 4. The zero-order valence-corrected chi connectivity index (χ0v) is 11.7. The minimum Gasteiger partial charge on any atom is -0.477 e. The molecule has 100 valence electrons. The Morgan fingerprint density at radius 3 is 2.89 bits per heavy atom. The van der Waals surface area contributed by atoms with Crippen molar-refractivity contribution in [1.29, 1.82) is 0 Å². The number of carbonyl (C=O) groups is 1. The molecule has 5 heteroatoms. The van der Waals surface area contributed by atoms with Crippen LogP contribution in [-0.2, 0) is 6.54 Å². The lowest BCUT2D eigenvalue weighted by atomic mass is 10.2. The molecule has 0 spiro atoms. The lowest BCUT2D eigenvalue weighted by Crippen LogP contribution is -2.30. The van der Waals surface area contributed by atoms with Gasteiger partial charge in [-0.15, -0.1) is 11.3 Å². The van der Waals surface area contributed by atoms with Gasteiger partial charge in [0, 0.05) is 30.6 Å². The fraction of sp³-hybridized carbons (Fsp3) is 0.615. The zero-order chi connectivity index (χ0) is 13.1. The minimum atomic E-state index is -0.831. The van der Waals surface area contributed by atoms with Crippen molar-refractivity contribution in [3.05, 3.63) is 21.4 Å². The molecule has 1 saturated carbocycles. The molecule has 1 aliphatic rings. The van der Waals surface area contributed by atoms with Crippen LogP contribution in [0.3, 0.4) is 0 Å². The van der Waals surface area contributed by atoms with E-state index in [1.165, 1.54) is 24.2 Å². The zero-order valence-electron chi connectivity index (χ0n) is 10.9. The molecule has 1 aliphatic carbocycles. The van der Waals surface area contributed by atoms with E-state index >= 15 is 0 Å². The summed E-state index contributed by atoms with van der Waals surface area (Å²) in [6, 6.07) is 2.58. The standard InChI is InChI=1S/C13H20N2O2S/c1-9-10(7-12(18-9)13(16)17)8-14-5-6-15(2)11-3-4-11/h7,11,14H,3-6,8H2,1-2H3,(H,16,17). The van der Waals surface area contributed by atoms with Gasteiger partial charge in [0.05, 0.1) is 0 Å². The molecule has 18 heavy (non-hydrogen) atoms. The Balaban J connectivity index is 1.73. The van der Waals surface area contributed by atoms with Crippen LogP contribution in [0, 0.1) is 6.92 Å². The minimum absolute atomic E-state index is 0.430. The number of likely N-dealkylation sites (N-methyl/N-ethyl adjacent to an activating group) is 1. The van der Waals surface area contributed by atoms with Crippen molar-refractivity contribution in [1.82, 2.24) is 10.2 Å². The number of carboxylic acids is 1. The highest BCUT2D eigenvalue weighted by Crippen LogP contribution is 2.24. The van der Waals surface area contributed by atoms with E-state index in [2.05, 4.69) is 17.3 Å². The van der Waals surface area contributed by atoms with Crippen LogP contribution in [0.5, 0.6) is 0 Å². The maximum Gasteiger partial charge on any atom is 0.345 e. The summed E-state index contributed by atoms with van der Waals surface area (Å²) < 4.78 is 0. The van der Waals surface area contributed by atoms with Gasteiger partial charge in [-0.2, -0.15) is 0 Å². The third-order valence-electron chi connectivity index (χ3n) is 3.36. The molecule has 0 saturated heterocycles. The molecular weight excluding hydrogens is 248 g/mol. The van der Waals surface area contributed by atoms with Gasteiger partial charge in [-0.05, 0) is 38.4 Å². The number of rotatable bonds is 7. The first-order chi connectivity index (χ1) is 8.58. The van der Waals surface area contributed by atoms with Gasteiger partial charge >= 0.3 is 5.97 Å². The van der Waals surface area contributed by atoms with Gasteiger partial charge in [0.2, 0.25) is 0 Å².